The molecule has 1 aromatic heterocycles. The van der Waals surface area contributed by atoms with Crippen LogP contribution in [0.25, 0.3) is 11.3 Å². The number of ether oxygens (including phenoxy) is 1. The molecule has 0 aliphatic heterocycles. The number of aromatic nitrogens is 2. The molecule has 0 radical (unpaired) electrons. The lowest BCUT2D eigenvalue weighted by Crippen LogP contribution is -2.32. The number of nitrogens with zero attached hydrogens (tertiary/aromatic N) is 3. The summed E-state index contributed by atoms with van der Waals surface area (Å²) in [5.41, 5.74) is 3.24. The van der Waals surface area contributed by atoms with E-state index in [-0.39, 0.29) is 5.91 Å². The van der Waals surface area contributed by atoms with Gasteiger partial charge in [-0.3, -0.25) is 9.48 Å². The number of carbonyl (C=O) groups excluding carboxylic acids is 1. The van der Waals surface area contributed by atoms with Crippen LogP contribution in [-0.2, 0) is 6.54 Å². The predicted octanol–water partition coefficient (Wildman–Crippen LogP) is 2.90. The van der Waals surface area contributed by atoms with Gasteiger partial charge in [0, 0.05) is 31.9 Å². The lowest BCUT2D eigenvalue weighted by atomic mass is 10.1. The molecule has 0 saturated carbocycles. The van der Waals surface area contributed by atoms with E-state index in [1.165, 1.54) is 0 Å². The Balaban J connectivity index is 1.98. The second-order valence-electron chi connectivity index (χ2n) is 6.64. The van der Waals surface area contributed by atoms with Crippen LogP contribution in [0.15, 0.2) is 60.8 Å². The lowest BCUT2D eigenvalue weighted by molar-refractivity contribution is 0.0797. The molecule has 6 nitrogen and oxygen atoms in total. The summed E-state index contributed by atoms with van der Waals surface area (Å²) in [6, 6.07) is 17.7. The molecule has 3 rings (SSSR count). The summed E-state index contributed by atoms with van der Waals surface area (Å²) in [4.78, 5) is 14.8. The average molecular weight is 378 g/mol. The molecule has 0 saturated heterocycles. The topological polar surface area (TPSA) is 59.4 Å². The summed E-state index contributed by atoms with van der Waals surface area (Å²) < 4.78 is 7.16. The summed E-state index contributed by atoms with van der Waals surface area (Å²) in [7, 11) is 5.31. The zero-order valence-electron chi connectivity index (χ0n) is 16.6. The maximum atomic E-state index is 13.1. The van der Waals surface area contributed by atoms with Gasteiger partial charge in [0.05, 0.1) is 19.2 Å². The van der Waals surface area contributed by atoms with Crippen molar-refractivity contribution in [3.63, 3.8) is 0 Å². The Kier molecular flexibility index (Phi) is 6.45. The molecule has 1 heterocycles. The van der Waals surface area contributed by atoms with E-state index in [0.717, 1.165) is 23.4 Å². The van der Waals surface area contributed by atoms with Crippen molar-refractivity contribution in [2.45, 2.75) is 6.54 Å². The summed E-state index contributed by atoms with van der Waals surface area (Å²) >= 11 is 0. The van der Waals surface area contributed by atoms with Crippen LogP contribution >= 0.6 is 0 Å². The van der Waals surface area contributed by atoms with Crippen molar-refractivity contribution in [3.05, 3.63) is 71.9 Å². The molecule has 3 aromatic rings. The van der Waals surface area contributed by atoms with Gasteiger partial charge in [-0.15, -0.1) is 0 Å². The van der Waals surface area contributed by atoms with Crippen molar-refractivity contribution < 1.29 is 9.53 Å². The number of hydrogen-bond acceptors (Lipinski definition) is 4. The van der Waals surface area contributed by atoms with Crippen LogP contribution in [0.2, 0.25) is 0 Å². The second-order valence-corrected chi connectivity index (χ2v) is 6.64. The van der Waals surface area contributed by atoms with Gasteiger partial charge >= 0.3 is 0 Å². The molecule has 28 heavy (non-hydrogen) atoms. The first kappa shape index (κ1) is 19.6. The third kappa shape index (κ3) is 4.58. The first-order valence-corrected chi connectivity index (χ1v) is 9.28. The molecule has 0 atom stereocenters. The maximum Gasteiger partial charge on any atom is 0.257 e. The molecular weight excluding hydrogens is 352 g/mol. The highest BCUT2D eigenvalue weighted by Gasteiger charge is 2.21. The molecule has 0 aliphatic rings. The number of likely N-dealkylation sites (N-methyl/N-ethyl adjacent to an activating group) is 2. The molecule has 6 heteroatoms. The van der Waals surface area contributed by atoms with Gasteiger partial charge in [0.25, 0.3) is 5.91 Å². The SMILES string of the molecule is CNCCN(C)C(=O)c1cn(Cc2ccccc2)nc1-c1cccc(OC)c1. The van der Waals surface area contributed by atoms with Gasteiger partial charge in [0.15, 0.2) is 0 Å². The Labute approximate surface area is 165 Å². The van der Waals surface area contributed by atoms with Gasteiger partial charge in [-0.05, 0) is 24.7 Å². The molecular formula is C22H26N4O2. The summed E-state index contributed by atoms with van der Waals surface area (Å²) in [6.07, 6.45) is 1.83. The Hall–Kier alpha value is -3.12. The largest absolute Gasteiger partial charge is 0.497 e. The minimum absolute atomic E-state index is 0.0487. The summed E-state index contributed by atoms with van der Waals surface area (Å²) in [5.74, 6) is 0.685. The number of hydrogen-bond donors (Lipinski definition) is 1. The molecule has 0 spiro atoms. The normalized spacial score (nSPS) is 10.7. The van der Waals surface area contributed by atoms with Crippen LogP contribution in [0.5, 0.6) is 5.75 Å². The number of nitrogens with one attached hydrogen (secondary N) is 1. The Morgan fingerprint density at radius 3 is 2.68 bits per heavy atom. The summed E-state index contributed by atoms with van der Waals surface area (Å²) in [5, 5.41) is 7.81. The van der Waals surface area contributed by atoms with E-state index < -0.39 is 0 Å². The third-order valence-corrected chi connectivity index (χ3v) is 4.57. The Morgan fingerprint density at radius 2 is 1.96 bits per heavy atom. The lowest BCUT2D eigenvalue weighted by Gasteiger charge is -2.16. The van der Waals surface area contributed by atoms with Crippen LogP contribution in [0.1, 0.15) is 15.9 Å². The van der Waals surface area contributed by atoms with E-state index >= 15 is 0 Å². The fraction of sp³-hybridized carbons (Fsp3) is 0.273. The number of rotatable bonds is 8. The fourth-order valence-corrected chi connectivity index (χ4v) is 3.00. The van der Waals surface area contributed by atoms with E-state index in [1.807, 2.05) is 79.6 Å². The van der Waals surface area contributed by atoms with Crippen molar-refractivity contribution in [3.8, 4) is 17.0 Å². The van der Waals surface area contributed by atoms with Crippen LogP contribution in [0, 0.1) is 0 Å². The van der Waals surface area contributed by atoms with E-state index in [1.54, 1.807) is 12.0 Å². The quantitative estimate of drug-likeness (QED) is 0.655. The molecule has 2 aromatic carbocycles. The molecule has 146 valence electrons. The first-order chi connectivity index (χ1) is 13.6. The molecule has 0 unspecified atom stereocenters. The molecule has 0 fully saturated rings. The maximum absolute atomic E-state index is 13.1. The van der Waals surface area contributed by atoms with E-state index in [4.69, 9.17) is 9.84 Å². The average Bonchev–Trinajstić information content (AvgIpc) is 3.15. The number of carbonyl (C=O) groups is 1. The highest BCUT2D eigenvalue weighted by atomic mass is 16.5. The monoisotopic (exact) mass is 378 g/mol. The van der Waals surface area contributed by atoms with Crippen molar-refractivity contribution in [1.29, 1.82) is 0 Å². The van der Waals surface area contributed by atoms with Crippen molar-refractivity contribution in [1.82, 2.24) is 20.0 Å². The Morgan fingerprint density at radius 1 is 1.18 bits per heavy atom. The minimum atomic E-state index is -0.0487. The first-order valence-electron chi connectivity index (χ1n) is 9.28. The van der Waals surface area contributed by atoms with E-state index in [9.17, 15) is 4.79 Å². The van der Waals surface area contributed by atoms with Crippen LogP contribution in [-0.4, -0.2) is 54.9 Å². The van der Waals surface area contributed by atoms with Crippen molar-refractivity contribution >= 4 is 5.91 Å². The standard InChI is InChI=1S/C22H26N4O2/c1-23-12-13-25(2)22(27)20-16-26(15-17-8-5-4-6-9-17)24-21(20)18-10-7-11-19(14-18)28-3/h4-11,14,16,23H,12-13,15H2,1-3H3. The molecule has 0 bridgehead atoms. The van der Waals surface area contributed by atoms with Crippen molar-refractivity contribution in [2.75, 3.05) is 34.3 Å². The number of amides is 1. The predicted molar refractivity (Wildman–Crippen MR) is 111 cm³/mol. The van der Waals surface area contributed by atoms with Crippen LogP contribution in [0.3, 0.4) is 0 Å². The molecule has 0 aliphatic carbocycles. The number of benzene rings is 2. The van der Waals surface area contributed by atoms with Gasteiger partial charge < -0.3 is 15.0 Å². The highest BCUT2D eigenvalue weighted by molar-refractivity contribution is 5.99. The second kappa shape index (κ2) is 9.19. The van der Waals surface area contributed by atoms with Crippen molar-refractivity contribution in [2.24, 2.45) is 0 Å². The smallest absolute Gasteiger partial charge is 0.257 e. The van der Waals surface area contributed by atoms with E-state index in [2.05, 4.69) is 5.32 Å². The summed E-state index contributed by atoms with van der Waals surface area (Å²) in [6.45, 7) is 1.96. The van der Waals surface area contributed by atoms with Crippen LogP contribution < -0.4 is 10.1 Å². The van der Waals surface area contributed by atoms with Gasteiger partial charge in [0.1, 0.15) is 11.4 Å². The van der Waals surface area contributed by atoms with Crippen LogP contribution in [0.4, 0.5) is 0 Å². The van der Waals surface area contributed by atoms with Gasteiger partial charge in [-0.2, -0.15) is 5.10 Å². The fourth-order valence-electron chi connectivity index (χ4n) is 3.00. The zero-order valence-corrected chi connectivity index (χ0v) is 16.6. The Bertz CT molecular complexity index is 921. The highest BCUT2D eigenvalue weighted by Crippen LogP contribution is 2.27. The van der Waals surface area contributed by atoms with Gasteiger partial charge in [0.2, 0.25) is 0 Å². The zero-order chi connectivity index (χ0) is 19.9. The molecule has 1 N–H and O–H groups in total. The minimum Gasteiger partial charge on any atom is -0.497 e. The third-order valence-electron chi connectivity index (χ3n) is 4.57. The van der Waals surface area contributed by atoms with Gasteiger partial charge in [-0.1, -0.05) is 42.5 Å². The number of methoxy groups -OCH3 is 1. The van der Waals surface area contributed by atoms with E-state index in [0.29, 0.717) is 24.3 Å². The van der Waals surface area contributed by atoms with Gasteiger partial charge in [-0.25, -0.2) is 0 Å². The molecule has 1 amide bonds.